The average molecular weight is 853 g/mol. The molecule has 0 bridgehead atoms. The largest absolute Gasteiger partial charge is 0.462 e. The fourth-order valence-corrected chi connectivity index (χ4v) is 7.20. The highest BCUT2D eigenvalue weighted by Gasteiger charge is 2.19. The van der Waals surface area contributed by atoms with Crippen molar-refractivity contribution in [2.45, 2.75) is 258 Å². The van der Waals surface area contributed by atoms with E-state index in [1.165, 1.54) is 141 Å². The molecule has 0 heterocycles. The summed E-state index contributed by atoms with van der Waals surface area (Å²) in [6.07, 6.45) is 60.7. The van der Waals surface area contributed by atoms with Gasteiger partial charge in [0, 0.05) is 19.3 Å². The lowest BCUT2D eigenvalue weighted by atomic mass is 10.0. The Morgan fingerprint density at radius 2 is 0.738 bits per heavy atom. The lowest BCUT2D eigenvalue weighted by molar-refractivity contribution is -0.166. The minimum atomic E-state index is -0.798. The van der Waals surface area contributed by atoms with Crippen LogP contribution in [-0.2, 0) is 28.6 Å². The van der Waals surface area contributed by atoms with Crippen LogP contribution < -0.4 is 0 Å². The van der Waals surface area contributed by atoms with Crippen LogP contribution in [-0.4, -0.2) is 37.2 Å². The van der Waals surface area contributed by atoms with Crippen molar-refractivity contribution >= 4 is 17.9 Å². The molecule has 0 rings (SSSR count). The summed E-state index contributed by atoms with van der Waals surface area (Å²) in [6.45, 7) is 6.45. The first-order valence-corrected chi connectivity index (χ1v) is 25.8. The highest BCUT2D eigenvalue weighted by atomic mass is 16.6. The summed E-state index contributed by atoms with van der Waals surface area (Å²) in [5.74, 6) is -0.971. The Morgan fingerprint density at radius 3 is 1.21 bits per heavy atom. The topological polar surface area (TPSA) is 78.9 Å². The number of rotatable bonds is 46. The van der Waals surface area contributed by atoms with Gasteiger partial charge in [-0.3, -0.25) is 14.4 Å². The molecular weight excluding hydrogens is 757 g/mol. The number of carbonyl (C=O) groups excluding carboxylic acids is 3. The number of carbonyl (C=O) groups is 3. The van der Waals surface area contributed by atoms with Gasteiger partial charge >= 0.3 is 17.9 Å². The van der Waals surface area contributed by atoms with Crippen molar-refractivity contribution in [3.8, 4) is 0 Å². The van der Waals surface area contributed by atoms with E-state index in [0.29, 0.717) is 19.3 Å². The smallest absolute Gasteiger partial charge is 0.306 e. The second-order valence-corrected chi connectivity index (χ2v) is 17.1. The zero-order valence-electron chi connectivity index (χ0n) is 40.2. The molecule has 0 aliphatic heterocycles. The fraction of sp³-hybridized carbons (Fsp3) is 0.764. The molecule has 0 saturated heterocycles. The molecule has 0 radical (unpaired) electrons. The van der Waals surface area contributed by atoms with E-state index in [9.17, 15) is 14.4 Å². The lowest BCUT2D eigenvalue weighted by Gasteiger charge is -2.18. The summed E-state index contributed by atoms with van der Waals surface area (Å²) in [7, 11) is 0. The van der Waals surface area contributed by atoms with Gasteiger partial charge in [0.2, 0.25) is 0 Å². The minimum Gasteiger partial charge on any atom is -0.462 e. The van der Waals surface area contributed by atoms with Gasteiger partial charge in [0.05, 0.1) is 0 Å². The van der Waals surface area contributed by atoms with Crippen LogP contribution >= 0.6 is 0 Å². The van der Waals surface area contributed by atoms with Gasteiger partial charge in [-0.25, -0.2) is 0 Å². The number of unbranched alkanes of at least 4 members (excludes halogenated alkanes) is 27. The van der Waals surface area contributed by atoms with Crippen molar-refractivity contribution in [3.63, 3.8) is 0 Å². The SMILES string of the molecule is CC/C=C/C=C/C=C/CCCCCCCCCC(=O)OCC(COC(=O)CC/C=C/C/C=C/CCCCCCCC)OC(=O)CCCCCCCCCCCCCCCCC. The van der Waals surface area contributed by atoms with E-state index in [1.807, 2.05) is 6.08 Å². The summed E-state index contributed by atoms with van der Waals surface area (Å²) in [5.41, 5.74) is 0. The molecule has 1 unspecified atom stereocenters. The van der Waals surface area contributed by atoms with Crippen molar-refractivity contribution in [3.05, 3.63) is 60.8 Å². The van der Waals surface area contributed by atoms with Crippen molar-refractivity contribution in [1.82, 2.24) is 0 Å². The molecule has 352 valence electrons. The van der Waals surface area contributed by atoms with Crippen molar-refractivity contribution in [1.29, 1.82) is 0 Å². The Kier molecular flexibility index (Phi) is 47.4. The number of ether oxygens (including phenoxy) is 3. The molecule has 0 aliphatic rings. The lowest BCUT2D eigenvalue weighted by Crippen LogP contribution is -2.30. The van der Waals surface area contributed by atoms with Gasteiger partial charge in [-0.2, -0.15) is 0 Å². The Bertz CT molecular complexity index is 1120. The molecule has 0 aliphatic carbocycles. The van der Waals surface area contributed by atoms with Gasteiger partial charge in [0.15, 0.2) is 6.10 Å². The van der Waals surface area contributed by atoms with Gasteiger partial charge in [0.1, 0.15) is 13.2 Å². The van der Waals surface area contributed by atoms with E-state index >= 15 is 0 Å². The molecular formula is C55H96O6. The number of allylic oxidation sites excluding steroid dienone is 10. The Hall–Kier alpha value is -2.89. The van der Waals surface area contributed by atoms with Crippen LogP contribution in [0.1, 0.15) is 252 Å². The van der Waals surface area contributed by atoms with Crippen LogP contribution in [0, 0.1) is 0 Å². The second-order valence-electron chi connectivity index (χ2n) is 17.1. The molecule has 6 nitrogen and oxygen atoms in total. The molecule has 0 saturated carbocycles. The molecule has 1 atom stereocenters. The van der Waals surface area contributed by atoms with E-state index < -0.39 is 6.10 Å². The van der Waals surface area contributed by atoms with Crippen molar-refractivity contribution in [2.24, 2.45) is 0 Å². The standard InChI is InChI=1S/C55H96O6/c1-4-7-10-13-16-19-22-25-27-30-33-36-39-42-45-48-54(57)60-51-52(50-59-53(56)47-44-41-38-35-32-29-24-21-18-15-12-9-6-3)61-55(58)49-46-43-40-37-34-31-28-26-23-20-17-14-11-8-5-2/h7,10,13,16,19,22,29,32,38,41,52H,4-6,8-9,11-12,14-15,17-18,20-21,23-28,30-31,33-37,39-40,42-51H2,1-3H3/b10-7+,16-13+,22-19+,32-29+,41-38+. The number of hydrogen-bond acceptors (Lipinski definition) is 6. The average Bonchev–Trinajstić information content (AvgIpc) is 3.26. The third-order valence-electron chi connectivity index (χ3n) is 11.1. The monoisotopic (exact) mass is 853 g/mol. The summed E-state index contributed by atoms with van der Waals surface area (Å²) in [4.78, 5) is 37.9. The Morgan fingerprint density at radius 1 is 0.361 bits per heavy atom. The molecule has 61 heavy (non-hydrogen) atoms. The molecule has 0 aromatic carbocycles. The minimum absolute atomic E-state index is 0.0959. The maximum atomic E-state index is 12.8. The highest BCUT2D eigenvalue weighted by Crippen LogP contribution is 2.15. The van der Waals surface area contributed by atoms with Crippen molar-refractivity contribution in [2.75, 3.05) is 13.2 Å². The zero-order chi connectivity index (χ0) is 44.4. The van der Waals surface area contributed by atoms with E-state index in [1.54, 1.807) is 0 Å². The molecule has 6 heteroatoms. The predicted octanol–water partition coefficient (Wildman–Crippen LogP) is 16.9. The summed E-state index contributed by atoms with van der Waals surface area (Å²) < 4.78 is 16.7. The van der Waals surface area contributed by atoms with Gasteiger partial charge < -0.3 is 14.2 Å². The second kappa shape index (κ2) is 49.8. The molecule has 0 aromatic rings. The van der Waals surface area contributed by atoms with Crippen LogP contribution in [0.5, 0.6) is 0 Å². The quantitative estimate of drug-likeness (QED) is 0.0200. The van der Waals surface area contributed by atoms with Gasteiger partial charge in [-0.05, 0) is 57.8 Å². The predicted molar refractivity (Wildman–Crippen MR) is 261 cm³/mol. The molecule has 0 fully saturated rings. The number of hydrogen-bond donors (Lipinski definition) is 0. The highest BCUT2D eigenvalue weighted by molar-refractivity contribution is 5.71. The maximum Gasteiger partial charge on any atom is 0.306 e. The maximum absolute atomic E-state index is 12.8. The van der Waals surface area contributed by atoms with E-state index in [0.717, 1.165) is 64.2 Å². The summed E-state index contributed by atoms with van der Waals surface area (Å²) >= 11 is 0. The molecule has 0 spiro atoms. The molecule has 0 aromatic heterocycles. The third-order valence-corrected chi connectivity index (χ3v) is 11.1. The summed E-state index contributed by atoms with van der Waals surface area (Å²) in [5, 5.41) is 0. The third kappa shape index (κ3) is 48.0. The van der Waals surface area contributed by atoms with E-state index in [-0.39, 0.29) is 37.5 Å². The van der Waals surface area contributed by atoms with Crippen LogP contribution in [0.3, 0.4) is 0 Å². The zero-order valence-corrected chi connectivity index (χ0v) is 40.2. The first kappa shape index (κ1) is 58.1. The summed E-state index contributed by atoms with van der Waals surface area (Å²) in [6, 6.07) is 0. The van der Waals surface area contributed by atoms with E-state index in [2.05, 4.69) is 75.5 Å². The van der Waals surface area contributed by atoms with Crippen molar-refractivity contribution < 1.29 is 28.6 Å². The van der Waals surface area contributed by atoms with Crippen LogP contribution in [0.15, 0.2) is 60.8 Å². The fourth-order valence-electron chi connectivity index (χ4n) is 7.20. The van der Waals surface area contributed by atoms with Crippen LogP contribution in [0.2, 0.25) is 0 Å². The number of esters is 3. The molecule has 0 N–H and O–H groups in total. The molecule has 0 amide bonds. The Labute approximate surface area is 377 Å². The Balaban J connectivity index is 4.44. The first-order valence-electron chi connectivity index (χ1n) is 25.8. The van der Waals surface area contributed by atoms with Gasteiger partial charge in [-0.1, -0.05) is 236 Å². The van der Waals surface area contributed by atoms with Crippen LogP contribution in [0.25, 0.3) is 0 Å². The first-order chi connectivity index (χ1) is 30.0. The van der Waals surface area contributed by atoms with Gasteiger partial charge in [0.25, 0.3) is 0 Å². The van der Waals surface area contributed by atoms with Crippen LogP contribution in [0.4, 0.5) is 0 Å². The normalized spacial score (nSPS) is 12.5. The van der Waals surface area contributed by atoms with E-state index in [4.69, 9.17) is 14.2 Å². The van der Waals surface area contributed by atoms with Gasteiger partial charge in [-0.15, -0.1) is 0 Å².